The van der Waals surface area contributed by atoms with Crippen LogP contribution in [0.2, 0.25) is 0 Å². The van der Waals surface area contributed by atoms with Gasteiger partial charge in [0.2, 0.25) is 0 Å². The van der Waals surface area contributed by atoms with Crippen LogP contribution in [-0.2, 0) is 6.18 Å². The Morgan fingerprint density at radius 1 is 1.39 bits per heavy atom. The molecule has 6 heteroatoms. The summed E-state index contributed by atoms with van der Waals surface area (Å²) in [5.41, 5.74) is 4.46. The van der Waals surface area contributed by atoms with Crippen LogP contribution in [0.15, 0.2) is 18.3 Å². The van der Waals surface area contributed by atoms with Gasteiger partial charge in [-0.05, 0) is 25.0 Å². The normalized spacial score (nSPS) is 15.6. The van der Waals surface area contributed by atoms with Crippen molar-refractivity contribution in [1.29, 1.82) is 0 Å². The van der Waals surface area contributed by atoms with Gasteiger partial charge in [0.15, 0.2) is 0 Å². The molecule has 1 aromatic rings. The molecule has 1 atom stereocenters. The highest BCUT2D eigenvalue weighted by Crippen LogP contribution is 2.31. The van der Waals surface area contributed by atoms with E-state index in [0.717, 1.165) is 18.3 Å². The second-order valence-corrected chi connectivity index (χ2v) is 4.83. The van der Waals surface area contributed by atoms with Gasteiger partial charge in [-0.3, -0.25) is 0 Å². The molecule has 102 valence electrons. The smallest absolute Gasteiger partial charge is 0.363 e. The number of halogens is 3. The van der Waals surface area contributed by atoms with Crippen molar-refractivity contribution in [2.24, 2.45) is 11.7 Å². The number of aromatic nitrogens is 1. The van der Waals surface area contributed by atoms with Crippen LogP contribution >= 0.6 is 0 Å². The molecular formula is C12H18F3N3. The van der Waals surface area contributed by atoms with E-state index < -0.39 is 17.3 Å². The predicted octanol–water partition coefficient (Wildman–Crippen LogP) is 2.89. The molecule has 0 radical (unpaired) electrons. The van der Waals surface area contributed by atoms with Crippen LogP contribution in [0, 0.1) is 5.92 Å². The lowest BCUT2D eigenvalue weighted by molar-refractivity contribution is -0.137. The third kappa shape index (κ3) is 3.35. The molecule has 0 bridgehead atoms. The number of nitrogens with one attached hydrogen (secondary N) is 1. The van der Waals surface area contributed by atoms with E-state index >= 15 is 0 Å². The fourth-order valence-corrected chi connectivity index (χ4v) is 1.40. The molecule has 0 aliphatic rings. The van der Waals surface area contributed by atoms with Crippen molar-refractivity contribution in [1.82, 2.24) is 4.98 Å². The van der Waals surface area contributed by atoms with Crippen LogP contribution in [0.4, 0.5) is 19.0 Å². The summed E-state index contributed by atoms with van der Waals surface area (Å²) in [4.78, 5) is 3.90. The van der Waals surface area contributed by atoms with E-state index in [1.165, 1.54) is 0 Å². The molecule has 0 amide bonds. The van der Waals surface area contributed by atoms with Crippen LogP contribution in [0.25, 0.3) is 0 Å². The van der Waals surface area contributed by atoms with Gasteiger partial charge >= 0.3 is 6.18 Å². The summed E-state index contributed by atoms with van der Waals surface area (Å²) in [5.74, 6) is 0.352. The van der Waals surface area contributed by atoms with E-state index in [-0.39, 0.29) is 11.7 Å². The number of hydrogen-bond acceptors (Lipinski definition) is 3. The minimum atomic E-state index is -4.36. The van der Waals surface area contributed by atoms with Gasteiger partial charge in [0, 0.05) is 12.7 Å². The van der Waals surface area contributed by atoms with Gasteiger partial charge in [-0.25, -0.2) is 4.98 Å². The Morgan fingerprint density at radius 2 is 2.00 bits per heavy atom. The number of hydrogen-bond donors (Lipinski definition) is 2. The number of anilines is 1. The molecule has 0 aliphatic carbocycles. The third-order valence-corrected chi connectivity index (χ3v) is 3.20. The maximum atomic E-state index is 12.6. The molecule has 18 heavy (non-hydrogen) atoms. The van der Waals surface area contributed by atoms with Crippen LogP contribution in [0.1, 0.15) is 26.3 Å². The van der Waals surface area contributed by atoms with Crippen molar-refractivity contribution in [3.8, 4) is 0 Å². The van der Waals surface area contributed by atoms with Crippen molar-refractivity contribution < 1.29 is 13.2 Å². The molecule has 1 heterocycles. The number of pyridine rings is 1. The number of nitrogens with two attached hydrogens (primary N) is 1. The molecule has 1 rings (SSSR count). The van der Waals surface area contributed by atoms with Crippen molar-refractivity contribution in [3.05, 3.63) is 23.9 Å². The second kappa shape index (κ2) is 5.14. The molecular weight excluding hydrogens is 243 g/mol. The van der Waals surface area contributed by atoms with Gasteiger partial charge in [-0.1, -0.05) is 13.8 Å². The average molecular weight is 261 g/mol. The molecule has 1 unspecified atom stereocenters. The highest BCUT2D eigenvalue weighted by Gasteiger charge is 2.32. The van der Waals surface area contributed by atoms with Gasteiger partial charge < -0.3 is 11.1 Å². The topological polar surface area (TPSA) is 50.9 Å². The summed E-state index contributed by atoms with van der Waals surface area (Å²) in [5, 5.41) is 2.98. The maximum absolute atomic E-state index is 12.6. The first kappa shape index (κ1) is 14.8. The Bertz CT molecular complexity index is 404. The summed E-state index contributed by atoms with van der Waals surface area (Å²) in [6.45, 7) is 6.07. The first-order chi connectivity index (χ1) is 8.19. The summed E-state index contributed by atoms with van der Waals surface area (Å²) in [7, 11) is 0. The van der Waals surface area contributed by atoms with E-state index in [9.17, 15) is 13.2 Å². The van der Waals surface area contributed by atoms with E-state index in [2.05, 4.69) is 10.3 Å². The lowest BCUT2D eigenvalue weighted by Gasteiger charge is -2.34. The number of alkyl halides is 3. The Hall–Kier alpha value is -1.30. The minimum Gasteiger partial charge on any atom is -0.363 e. The van der Waals surface area contributed by atoms with Gasteiger partial charge in [0.05, 0.1) is 11.1 Å². The first-order valence-corrected chi connectivity index (χ1v) is 5.70. The largest absolute Gasteiger partial charge is 0.416 e. The molecule has 0 aromatic carbocycles. The monoisotopic (exact) mass is 261 g/mol. The zero-order chi connectivity index (χ0) is 14.0. The Labute approximate surface area is 105 Å². The molecule has 0 saturated heterocycles. The summed E-state index contributed by atoms with van der Waals surface area (Å²) < 4.78 is 37.7. The highest BCUT2D eigenvalue weighted by molar-refractivity contribution is 5.41. The van der Waals surface area contributed by atoms with Crippen molar-refractivity contribution in [3.63, 3.8) is 0 Å². The van der Waals surface area contributed by atoms with Gasteiger partial charge in [0.25, 0.3) is 0 Å². The minimum absolute atomic E-state index is 0.166. The highest BCUT2D eigenvalue weighted by atomic mass is 19.4. The Kier molecular flexibility index (Phi) is 4.21. The quantitative estimate of drug-likeness (QED) is 0.876. The van der Waals surface area contributed by atoms with Crippen LogP contribution in [0.5, 0.6) is 0 Å². The summed E-state index contributed by atoms with van der Waals surface area (Å²) in [6, 6.07) is 1.94. The fourth-order valence-electron chi connectivity index (χ4n) is 1.40. The third-order valence-electron chi connectivity index (χ3n) is 3.20. The molecule has 0 saturated carbocycles. The Balaban J connectivity index is 2.98. The predicted molar refractivity (Wildman–Crippen MR) is 65.2 cm³/mol. The SMILES string of the molecule is CC(C)C(C)(CN)Nc1cc(C(F)(F)F)ccn1. The van der Waals surface area contributed by atoms with E-state index in [1.807, 2.05) is 20.8 Å². The van der Waals surface area contributed by atoms with Gasteiger partial charge in [0.1, 0.15) is 5.82 Å². The first-order valence-electron chi connectivity index (χ1n) is 5.70. The van der Waals surface area contributed by atoms with Gasteiger partial charge in [-0.2, -0.15) is 13.2 Å². The molecule has 1 aromatic heterocycles. The lowest BCUT2D eigenvalue weighted by Crippen LogP contribution is -2.47. The number of rotatable bonds is 4. The molecule has 3 nitrogen and oxygen atoms in total. The average Bonchev–Trinajstić information content (AvgIpc) is 2.28. The molecule has 0 aliphatic heterocycles. The zero-order valence-corrected chi connectivity index (χ0v) is 10.7. The van der Waals surface area contributed by atoms with E-state index in [1.54, 1.807) is 0 Å². The standard InChI is InChI=1S/C12H18F3N3/c1-8(2)11(3,7-16)18-10-6-9(4-5-17-10)12(13,14)15/h4-6,8H,7,16H2,1-3H3,(H,17,18). The summed E-state index contributed by atoms with van der Waals surface area (Å²) in [6.07, 6.45) is -3.22. The second-order valence-electron chi connectivity index (χ2n) is 4.83. The molecule has 0 spiro atoms. The van der Waals surface area contributed by atoms with Gasteiger partial charge in [-0.15, -0.1) is 0 Å². The van der Waals surface area contributed by atoms with E-state index in [4.69, 9.17) is 5.73 Å². The van der Waals surface area contributed by atoms with E-state index in [0.29, 0.717) is 6.54 Å². The fraction of sp³-hybridized carbons (Fsp3) is 0.583. The van der Waals surface area contributed by atoms with Crippen LogP contribution in [0.3, 0.4) is 0 Å². The van der Waals surface area contributed by atoms with Crippen molar-refractivity contribution in [2.45, 2.75) is 32.5 Å². The zero-order valence-electron chi connectivity index (χ0n) is 10.7. The van der Waals surface area contributed by atoms with Crippen molar-refractivity contribution in [2.75, 3.05) is 11.9 Å². The summed E-state index contributed by atoms with van der Waals surface area (Å²) >= 11 is 0. The van der Waals surface area contributed by atoms with Crippen molar-refractivity contribution >= 4 is 5.82 Å². The number of nitrogens with zero attached hydrogens (tertiary/aromatic N) is 1. The molecule has 3 N–H and O–H groups in total. The lowest BCUT2D eigenvalue weighted by atomic mass is 9.88. The van der Waals surface area contributed by atoms with Crippen LogP contribution < -0.4 is 11.1 Å². The van der Waals surface area contributed by atoms with Crippen LogP contribution in [-0.4, -0.2) is 17.1 Å². The Morgan fingerprint density at radius 3 is 2.44 bits per heavy atom. The molecule has 0 fully saturated rings. The maximum Gasteiger partial charge on any atom is 0.416 e.